The van der Waals surface area contributed by atoms with E-state index in [2.05, 4.69) is 23.1 Å². The van der Waals surface area contributed by atoms with Crippen molar-refractivity contribution in [2.24, 2.45) is 0 Å². The first-order chi connectivity index (χ1) is 6.29. The summed E-state index contributed by atoms with van der Waals surface area (Å²) in [6.07, 6.45) is 1.06. The highest BCUT2D eigenvalue weighted by Crippen LogP contribution is 2.25. The molecule has 0 atom stereocenters. The Labute approximate surface area is 80.4 Å². The van der Waals surface area contributed by atoms with Crippen LogP contribution in [0, 0.1) is 6.92 Å². The Balaban J connectivity index is 2.35. The lowest BCUT2D eigenvalue weighted by molar-refractivity contribution is 0.394. The standard InChI is InChI=1S/C9H10N2OS/c1-3-7-4-5-8(13-7)9-10-6(2)12-11-9/h4-5H,3H2,1-2H3. The van der Waals surface area contributed by atoms with Gasteiger partial charge >= 0.3 is 0 Å². The Morgan fingerprint density at radius 3 is 2.85 bits per heavy atom. The Kier molecular flexibility index (Phi) is 2.14. The maximum atomic E-state index is 4.91. The van der Waals surface area contributed by atoms with Crippen LogP contribution in [0.25, 0.3) is 10.7 Å². The molecule has 2 aromatic heterocycles. The van der Waals surface area contributed by atoms with Crippen molar-refractivity contribution in [3.8, 4) is 10.7 Å². The average Bonchev–Trinajstić information content (AvgIpc) is 2.71. The van der Waals surface area contributed by atoms with E-state index >= 15 is 0 Å². The zero-order valence-electron chi connectivity index (χ0n) is 7.57. The fourth-order valence-corrected chi connectivity index (χ4v) is 1.96. The molecule has 2 aromatic rings. The van der Waals surface area contributed by atoms with Crippen LogP contribution in [0.3, 0.4) is 0 Å². The second kappa shape index (κ2) is 3.30. The van der Waals surface area contributed by atoms with Gasteiger partial charge in [-0.05, 0) is 18.6 Å². The molecule has 0 bridgehead atoms. The predicted octanol–water partition coefficient (Wildman–Crippen LogP) is 2.67. The average molecular weight is 194 g/mol. The Morgan fingerprint density at radius 1 is 1.46 bits per heavy atom. The fraction of sp³-hybridized carbons (Fsp3) is 0.333. The van der Waals surface area contributed by atoms with Crippen LogP contribution in [0.15, 0.2) is 16.7 Å². The first kappa shape index (κ1) is 8.44. The molecule has 4 heteroatoms. The number of rotatable bonds is 2. The minimum atomic E-state index is 0.612. The van der Waals surface area contributed by atoms with Gasteiger partial charge in [-0.1, -0.05) is 12.1 Å². The zero-order valence-corrected chi connectivity index (χ0v) is 8.39. The topological polar surface area (TPSA) is 38.9 Å². The van der Waals surface area contributed by atoms with E-state index in [0.717, 1.165) is 11.3 Å². The molecule has 2 heterocycles. The first-order valence-corrected chi connectivity index (χ1v) is 5.00. The fourth-order valence-electron chi connectivity index (χ4n) is 1.09. The van der Waals surface area contributed by atoms with E-state index in [1.807, 2.05) is 6.07 Å². The first-order valence-electron chi connectivity index (χ1n) is 4.19. The third kappa shape index (κ3) is 1.62. The van der Waals surface area contributed by atoms with Crippen molar-refractivity contribution in [2.45, 2.75) is 20.3 Å². The van der Waals surface area contributed by atoms with Crippen LogP contribution in [0.2, 0.25) is 0 Å². The summed E-state index contributed by atoms with van der Waals surface area (Å²) in [6.45, 7) is 3.93. The maximum Gasteiger partial charge on any atom is 0.223 e. The molecule has 0 aliphatic heterocycles. The Morgan fingerprint density at radius 2 is 2.31 bits per heavy atom. The van der Waals surface area contributed by atoms with Crippen molar-refractivity contribution in [1.82, 2.24) is 10.1 Å². The van der Waals surface area contributed by atoms with Crippen LogP contribution in [-0.4, -0.2) is 10.1 Å². The van der Waals surface area contributed by atoms with Crippen molar-refractivity contribution < 1.29 is 4.52 Å². The smallest absolute Gasteiger partial charge is 0.223 e. The molecule has 13 heavy (non-hydrogen) atoms. The molecule has 0 aliphatic carbocycles. The van der Waals surface area contributed by atoms with E-state index in [0.29, 0.717) is 11.7 Å². The predicted molar refractivity (Wildman–Crippen MR) is 51.7 cm³/mol. The molecular weight excluding hydrogens is 184 g/mol. The van der Waals surface area contributed by atoms with Gasteiger partial charge in [0.2, 0.25) is 11.7 Å². The third-order valence-electron chi connectivity index (χ3n) is 1.76. The van der Waals surface area contributed by atoms with Crippen molar-refractivity contribution in [1.29, 1.82) is 0 Å². The quantitative estimate of drug-likeness (QED) is 0.737. The van der Waals surface area contributed by atoms with Gasteiger partial charge in [0.05, 0.1) is 4.88 Å². The van der Waals surface area contributed by atoms with E-state index in [1.54, 1.807) is 18.3 Å². The molecule has 68 valence electrons. The summed E-state index contributed by atoms with van der Waals surface area (Å²) in [7, 11) is 0. The Bertz CT molecular complexity index is 405. The monoisotopic (exact) mass is 194 g/mol. The van der Waals surface area contributed by atoms with Crippen molar-refractivity contribution in [2.75, 3.05) is 0 Å². The number of hydrogen-bond acceptors (Lipinski definition) is 4. The number of aromatic nitrogens is 2. The maximum absolute atomic E-state index is 4.91. The van der Waals surface area contributed by atoms with Gasteiger partial charge in [0.15, 0.2) is 0 Å². The lowest BCUT2D eigenvalue weighted by Crippen LogP contribution is -1.73. The summed E-state index contributed by atoms with van der Waals surface area (Å²) in [5.41, 5.74) is 0. The van der Waals surface area contributed by atoms with Crippen LogP contribution in [0.1, 0.15) is 17.7 Å². The highest BCUT2D eigenvalue weighted by Gasteiger charge is 2.07. The van der Waals surface area contributed by atoms with Crippen LogP contribution in [0.4, 0.5) is 0 Å². The lowest BCUT2D eigenvalue weighted by atomic mass is 10.3. The van der Waals surface area contributed by atoms with E-state index in [1.165, 1.54) is 4.88 Å². The minimum Gasteiger partial charge on any atom is -0.339 e. The molecule has 0 unspecified atom stereocenters. The van der Waals surface area contributed by atoms with E-state index in [-0.39, 0.29) is 0 Å². The summed E-state index contributed by atoms with van der Waals surface area (Å²) in [5.74, 6) is 1.31. The molecule has 0 spiro atoms. The Hall–Kier alpha value is -1.16. The van der Waals surface area contributed by atoms with Crippen LogP contribution >= 0.6 is 11.3 Å². The van der Waals surface area contributed by atoms with E-state index in [9.17, 15) is 0 Å². The molecule has 0 amide bonds. The largest absolute Gasteiger partial charge is 0.339 e. The van der Waals surface area contributed by atoms with Crippen LogP contribution in [-0.2, 0) is 6.42 Å². The van der Waals surface area contributed by atoms with Crippen molar-refractivity contribution in [3.05, 3.63) is 22.9 Å². The number of hydrogen-bond donors (Lipinski definition) is 0. The highest BCUT2D eigenvalue weighted by molar-refractivity contribution is 7.15. The molecular formula is C9H10N2OS. The summed E-state index contributed by atoms with van der Waals surface area (Å²) in [5, 5.41) is 3.86. The van der Waals surface area contributed by atoms with Gasteiger partial charge in [-0.2, -0.15) is 4.98 Å². The van der Waals surface area contributed by atoms with Crippen molar-refractivity contribution in [3.63, 3.8) is 0 Å². The second-order valence-electron chi connectivity index (χ2n) is 2.76. The van der Waals surface area contributed by atoms with E-state index < -0.39 is 0 Å². The summed E-state index contributed by atoms with van der Waals surface area (Å²) < 4.78 is 4.91. The van der Waals surface area contributed by atoms with Gasteiger partial charge in [-0.15, -0.1) is 11.3 Å². The van der Waals surface area contributed by atoms with Gasteiger partial charge in [-0.3, -0.25) is 0 Å². The molecule has 0 N–H and O–H groups in total. The van der Waals surface area contributed by atoms with Crippen LogP contribution in [0.5, 0.6) is 0 Å². The minimum absolute atomic E-state index is 0.612. The summed E-state index contributed by atoms with van der Waals surface area (Å²) >= 11 is 1.71. The third-order valence-corrected chi connectivity index (χ3v) is 2.98. The number of aryl methyl sites for hydroxylation is 2. The SMILES string of the molecule is CCc1ccc(-c2noc(C)n2)s1. The van der Waals surface area contributed by atoms with Gasteiger partial charge < -0.3 is 4.52 Å². The van der Waals surface area contributed by atoms with Gasteiger partial charge in [0, 0.05) is 11.8 Å². The summed E-state index contributed by atoms with van der Waals surface area (Å²) in [6, 6.07) is 4.14. The number of nitrogens with zero attached hydrogens (tertiary/aromatic N) is 2. The molecule has 0 aliphatic rings. The highest BCUT2D eigenvalue weighted by atomic mass is 32.1. The van der Waals surface area contributed by atoms with Gasteiger partial charge in [0.25, 0.3) is 0 Å². The number of thiophene rings is 1. The van der Waals surface area contributed by atoms with Crippen LogP contribution < -0.4 is 0 Å². The zero-order chi connectivity index (χ0) is 9.26. The molecule has 0 saturated carbocycles. The molecule has 0 fully saturated rings. The lowest BCUT2D eigenvalue weighted by Gasteiger charge is -1.84. The van der Waals surface area contributed by atoms with Crippen molar-refractivity contribution >= 4 is 11.3 Å². The molecule has 0 aromatic carbocycles. The summed E-state index contributed by atoms with van der Waals surface area (Å²) in [4.78, 5) is 6.58. The molecule has 3 nitrogen and oxygen atoms in total. The normalized spacial score (nSPS) is 10.6. The van der Waals surface area contributed by atoms with Gasteiger partial charge in [-0.25, -0.2) is 0 Å². The molecule has 0 radical (unpaired) electrons. The molecule has 2 rings (SSSR count). The van der Waals surface area contributed by atoms with E-state index in [4.69, 9.17) is 4.52 Å². The molecule has 0 saturated heterocycles. The second-order valence-corrected chi connectivity index (χ2v) is 3.92. The van der Waals surface area contributed by atoms with Gasteiger partial charge in [0.1, 0.15) is 0 Å².